The summed E-state index contributed by atoms with van der Waals surface area (Å²) >= 11 is 0. The Morgan fingerprint density at radius 3 is 2.63 bits per heavy atom. The summed E-state index contributed by atoms with van der Waals surface area (Å²) in [6.07, 6.45) is 4.00. The van der Waals surface area contributed by atoms with Gasteiger partial charge in [0.25, 0.3) is 0 Å². The van der Waals surface area contributed by atoms with Crippen molar-refractivity contribution in [3.8, 4) is 0 Å². The fourth-order valence-electron chi connectivity index (χ4n) is 2.10. The van der Waals surface area contributed by atoms with Gasteiger partial charge < -0.3 is 4.74 Å². The number of allylic oxidation sites excluding steroid dienone is 1. The highest BCUT2D eigenvalue weighted by Gasteiger charge is 2.14. The van der Waals surface area contributed by atoms with Gasteiger partial charge in [0.2, 0.25) is 0 Å². The number of hydrogen-bond donors (Lipinski definition) is 0. The van der Waals surface area contributed by atoms with Crippen molar-refractivity contribution in [2.75, 3.05) is 6.61 Å². The van der Waals surface area contributed by atoms with Gasteiger partial charge in [0.05, 0.1) is 5.56 Å². The Balaban J connectivity index is 2.53. The lowest BCUT2D eigenvalue weighted by Crippen LogP contribution is -2.08. The van der Waals surface area contributed by atoms with Crippen LogP contribution in [0.2, 0.25) is 0 Å². The van der Waals surface area contributed by atoms with Gasteiger partial charge in [-0.2, -0.15) is 0 Å². The number of ether oxygens (including phenoxy) is 1. The third-order valence-electron chi connectivity index (χ3n) is 2.94. The molecular formula is C17H16O2. The number of esters is 1. The van der Waals surface area contributed by atoms with Crippen LogP contribution in [0.4, 0.5) is 0 Å². The maximum Gasteiger partial charge on any atom is 0.338 e. The van der Waals surface area contributed by atoms with Crippen LogP contribution in [0.25, 0.3) is 10.8 Å². The molecule has 19 heavy (non-hydrogen) atoms. The summed E-state index contributed by atoms with van der Waals surface area (Å²) in [4.78, 5) is 12.0. The Hall–Kier alpha value is -2.35. The molecule has 0 saturated heterocycles. The maximum atomic E-state index is 12.0. The van der Waals surface area contributed by atoms with Gasteiger partial charge in [-0.1, -0.05) is 49.1 Å². The second-order valence-corrected chi connectivity index (χ2v) is 4.19. The van der Waals surface area contributed by atoms with Gasteiger partial charge in [0.1, 0.15) is 6.61 Å². The molecule has 0 bridgehead atoms. The van der Waals surface area contributed by atoms with Crippen LogP contribution in [-0.4, -0.2) is 12.6 Å². The molecule has 0 unspecified atom stereocenters. The van der Waals surface area contributed by atoms with E-state index < -0.39 is 0 Å². The zero-order valence-electron chi connectivity index (χ0n) is 10.8. The number of carbonyl (C=O) groups excluding carboxylic acids is 1. The lowest BCUT2D eigenvalue weighted by atomic mass is 9.96. The van der Waals surface area contributed by atoms with E-state index in [4.69, 9.17) is 4.74 Å². The standard InChI is InChI=1S/C17H16O2/c1-3-7-15-14-9-6-5-8-13(14)10-11-16(15)17(18)19-12-4-2/h3-6,8-11H,1-2,7,12H2. The van der Waals surface area contributed by atoms with Crippen molar-refractivity contribution in [1.29, 1.82) is 0 Å². The number of carbonyl (C=O) groups is 1. The molecule has 2 aromatic rings. The second kappa shape index (κ2) is 6.01. The molecule has 96 valence electrons. The first-order valence-electron chi connectivity index (χ1n) is 6.17. The molecule has 2 heteroatoms. The topological polar surface area (TPSA) is 26.3 Å². The molecule has 2 aromatic carbocycles. The summed E-state index contributed by atoms with van der Waals surface area (Å²) < 4.78 is 5.12. The molecule has 2 rings (SSSR count). The highest BCUT2D eigenvalue weighted by atomic mass is 16.5. The van der Waals surface area contributed by atoms with Crippen molar-refractivity contribution in [3.05, 3.63) is 72.8 Å². The normalized spacial score (nSPS) is 10.1. The molecule has 0 saturated carbocycles. The van der Waals surface area contributed by atoms with E-state index in [0.717, 1.165) is 16.3 Å². The van der Waals surface area contributed by atoms with Crippen LogP contribution < -0.4 is 0 Å². The van der Waals surface area contributed by atoms with E-state index in [2.05, 4.69) is 13.2 Å². The van der Waals surface area contributed by atoms with Crippen molar-refractivity contribution >= 4 is 16.7 Å². The van der Waals surface area contributed by atoms with E-state index in [9.17, 15) is 4.79 Å². The van der Waals surface area contributed by atoms with Gasteiger partial charge in [-0.3, -0.25) is 0 Å². The molecule has 0 radical (unpaired) electrons. The Bertz CT molecular complexity index is 626. The third-order valence-corrected chi connectivity index (χ3v) is 2.94. The Morgan fingerprint density at radius 1 is 1.11 bits per heavy atom. The summed E-state index contributed by atoms with van der Waals surface area (Å²) in [6.45, 7) is 7.52. The summed E-state index contributed by atoms with van der Waals surface area (Å²) in [7, 11) is 0. The van der Waals surface area contributed by atoms with Crippen LogP contribution in [0.1, 0.15) is 15.9 Å². The van der Waals surface area contributed by atoms with Crippen molar-refractivity contribution in [2.45, 2.75) is 6.42 Å². The minimum Gasteiger partial charge on any atom is -0.458 e. The molecule has 0 N–H and O–H groups in total. The third kappa shape index (κ3) is 2.74. The number of fused-ring (bicyclic) bond motifs is 1. The van der Waals surface area contributed by atoms with Gasteiger partial charge in [-0.25, -0.2) is 4.79 Å². The van der Waals surface area contributed by atoms with E-state index in [1.807, 2.05) is 36.4 Å². The average molecular weight is 252 g/mol. The van der Waals surface area contributed by atoms with E-state index in [-0.39, 0.29) is 12.6 Å². The zero-order chi connectivity index (χ0) is 13.7. The minimum atomic E-state index is -0.317. The van der Waals surface area contributed by atoms with E-state index in [1.54, 1.807) is 12.2 Å². The average Bonchev–Trinajstić information content (AvgIpc) is 2.45. The fraction of sp³-hybridized carbons (Fsp3) is 0.118. The second-order valence-electron chi connectivity index (χ2n) is 4.19. The van der Waals surface area contributed by atoms with E-state index >= 15 is 0 Å². The minimum absolute atomic E-state index is 0.221. The Labute approximate surface area is 113 Å². The molecule has 0 atom stereocenters. The molecule has 0 aliphatic heterocycles. The van der Waals surface area contributed by atoms with E-state index in [0.29, 0.717) is 12.0 Å². The highest BCUT2D eigenvalue weighted by Crippen LogP contribution is 2.24. The highest BCUT2D eigenvalue weighted by molar-refractivity contribution is 5.99. The number of benzene rings is 2. The first-order valence-corrected chi connectivity index (χ1v) is 6.17. The predicted octanol–water partition coefficient (Wildman–Crippen LogP) is 3.91. The van der Waals surface area contributed by atoms with Gasteiger partial charge >= 0.3 is 5.97 Å². The first-order chi connectivity index (χ1) is 9.27. The molecule has 0 fully saturated rings. The van der Waals surface area contributed by atoms with Crippen LogP contribution in [0.5, 0.6) is 0 Å². The lowest BCUT2D eigenvalue weighted by Gasteiger charge is -2.11. The number of rotatable bonds is 5. The molecule has 0 amide bonds. The molecular weight excluding hydrogens is 236 g/mol. The summed E-state index contributed by atoms with van der Waals surface area (Å²) in [5, 5.41) is 2.18. The zero-order valence-corrected chi connectivity index (χ0v) is 10.8. The van der Waals surface area contributed by atoms with Crippen molar-refractivity contribution in [1.82, 2.24) is 0 Å². The van der Waals surface area contributed by atoms with Crippen LogP contribution in [-0.2, 0) is 11.2 Å². The summed E-state index contributed by atoms with van der Waals surface area (Å²) in [5.41, 5.74) is 1.56. The Morgan fingerprint density at radius 2 is 1.89 bits per heavy atom. The van der Waals surface area contributed by atoms with Gasteiger partial charge in [-0.05, 0) is 28.8 Å². The fourth-order valence-corrected chi connectivity index (χ4v) is 2.10. The quantitative estimate of drug-likeness (QED) is 0.595. The van der Waals surface area contributed by atoms with Crippen molar-refractivity contribution in [2.24, 2.45) is 0 Å². The first kappa shape index (κ1) is 13.1. The van der Waals surface area contributed by atoms with Gasteiger partial charge in [0.15, 0.2) is 0 Å². The van der Waals surface area contributed by atoms with Gasteiger partial charge in [0, 0.05) is 0 Å². The van der Waals surface area contributed by atoms with Crippen LogP contribution >= 0.6 is 0 Å². The predicted molar refractivity (Wildman–Crippen MR) is 78.3 cm³/mol. The van der Waals surface area contributed by atoms with Gasteiger partial charge in [-0.15, -0.1) is 6.58 Å². The number of hydrogen-bond acceptors (Lipinski definition) is 2. The molecule has 0 aromatic heterocycles. The SMILES string of the molecule is C=CCOC(=O)c1ccc2ccccc2c1CC=C. The molecule has 2 nitrogen and oxygen atoms in total. The Kier molecular flexibility index (Phi) is 4.14. The molecule has 0 heterocycles. The lowest BCUT2D eigenvalue weighted by molar-refractivity contribution is 0.0549. The smallest absolute Gasteiger partial charge is 0.338 e. The van der Waals surface area contributed by atoms with Crippen LogP contribution in [0.3, 0.4) is 0 Å². The molecule has 0 spiro atoms. The van der Waals surface area contributed by atoms with Crippen molar-refractivity contribution < 1.29 is 9.53 Å². The molecule has 0 aliphatic rings. The monoisotopic (exact) mass is 252 g/mol. The largest absolute Gasteiger partial charge is 0.458 e. The summed E-state index contributed by atoms with van der Waals surface area (Å²) in [6, 6.07) is 11.7. The maximum absolute atomic E-state index is 12.0. The summed E-state index contributed by atoms with van der Waals surface area (Å²) in [5.74, 6) is -0.317. The van der Waals surface area contributed by atoms with Crippen LogP contribution in [0, 0.1) is 0 Å². The molecule has 0 aliphatic carbocycles. The van der Waals surface area contributed by atoms with Crippen LogP contribution in [0.15, 0.2) is 61.7 Å². The van der Waals surface area contributed by atoms with E-state index in [1.165, 1.54) is 0 Å². The van der Waals surface area contributed by atoms with Crippen molar-refractivity contribution in [3.63, 3.8) is 0 Å².